The Balaban J connectivity index is 1.92. The molecule has 0 aliphatic carbocycles. The predicted molar refractivity (Wildman–Crippen MR) is 82.1 cm³/mol. The molecule has 1 aliphatic rings. The maximum absolute atomic E-state index is 5.81. The molecule has 3 rings (SSSR count). The molecule has 0 radical (unpaired) electrons. The Kier molecular flexibility index (Phi) is 3.81. The first-order chi connectivity index (χ1) is 9.69. The van der Waals surface area contributed by atoms with Gasteiger partial charge in [0.25, 0.3) is 0 Å². The second-order valence-corrected chi connectivity index (χ2v) is 6.04. The molecular weight excluding hydrogens is 318 g/mol. The summed E-state index contributed by atoms with van der Waals surface area (Å²) in [5, 5.41) is 3.37. The number of ether oxygens (including phenoxy) is 1. The summed E-state index contributed by atoms with van der Waals surface area (Å²) >= 11 is 3.60. The van der Waals surface area contributed by atoms with Crippen molar-refractivity contribution in [1.29, 1.82) is 0 Å². The highest BCUT2D eigenvalue weighted by Gasteiger charge is 2.21. The lowest BCUT2D eigenvalue weighted by Crippen LogP contribution is -2.21. The van der Waals surface area contributed by atoms with E-state index >= 15 is 0 Å². The number of aromatic nitrogens is 2. The van der Waals surface area contributed by atoms with Gasteiger partial charge in [-0.15, -0.1) is 0 Å². The highest BCUT2D eigenvalue weighted by atomic mass is 79.9. The van der Waals surface area contributed by atoms with Crippen LogP contribution in [-0.4, -0.2) is 23.2 Å². The number of rotatable bonds is 4. The summed E-state index contributed by atoms with van der Waals surface area (Å²) in [4.78, 5) is 4.20. The first kappa shape index (κ1) is 13.6. The minimum Gasteiger partial charge on any atom is -0.493 e. The topological polar surface area (TPSA) is 39.1 Å². The van der Waals surface area contributed by atoms with E-state index < -0.39 is 0 Å². The molecule has 1 aromatic heterocycles. The van der Waals surface area contributed by atoms with Crippen LogP contribution in [0.2, 0.25) is 0 Å². The van der Waals surface area contributed by atoms with Gasteiger partial charge in [0, 0.05) is 24.1 Å². The van der Waals surface area contributed by atoms with Crippen molar-refractivity contribution in [2.45, 2.75) is 18.9 Å². The Hall–Kier alpha value is -1.33. The van der Waals surface area contributed by atoms with Gasteiger partial charge < -0.3 is 14.6 Å². The third-order valence-corrected chi connectivity index (χ3v) is 4.27. The quantitative estimate of drug-likeness (QED) is 0.933. The molecule has 0 bridgehead atoms. The average molecular weight is 336 g/mol. The van der Waals surface area contributed by atoms with Crippen molar-refractivity contribution >= 4 is 15.9 Å². The number of nitrogens with one attached hydrogen (secondary N) is 1. The minimum absolute atomic E-state index is 0.227. The second kappa shape index (κ2) is 5.58. The van der Waals surface area contributed by atoms with E-state index in [9.17, 15) is 0 Å². The number of fused-ring (bicyclic) bond motifs is 1. The van der Waals surface area contributed by atoms with Crippen molar-refractivity contribution in [3.63, 3.8) is 0 Å². The zero-order valence-corrected chi connectivity index (χ0v) is 13.3. The highest BCUT2D eigenvalue weighted by Crippen LogP contribution is 2.35. The summed E-state index contributed by atoms with van der Waals surface area (Å²) in [5.41, 5.74) is 3.72. The lowest BCUT2D eigenvalue weighted by atomic mass is 10.00. The van der Waals surface area contributed by atoms with Crippen LogP contribution in [-0.2, 0) is 19.9 Å². The number of benzene rings is 1. The molecule has 2 aromatic rings. The fourth-order valence-corrected chi connectivity index (χ4v) is 3.33. The summed E-state index contributed by atoms with van der Waals surface area (Å²) in [6, 6.07) is 4.54. The summed E-state index contributed by atoms with van der Waals surface area (Å²) in [6.07, 6.45) is 5.64. The SMILES string of the molecule is CNC(Cc1cc(Br)cc2c1OCC2)c1cncn1C. The number of imidazole rings is 1. The molecule has 0 spiro atoms. The molecule has 1 atom stereocenters. The maximum atomic E-state index is 5.81. The van der Waals surface area contributed by atoms with Crippen molar-refractivity contribution in [2.24, 2.45) is 7.05 Å². The Morgan fingerprint density at radius 2 is 2.35 bits per heavy atom. The summed E-state index contributed by atoms with van der Waals surface area (Å²) in [6.45, 7) is 0.786. The standard InChI is InChI=1S/C15H18BrN3O/c1-17-13(14-8-18-9-19(14)2)7-11-6-12(16)5-10-3-4-20-15(10)11/h5-6,8-9,13,17H,3-4,7H2,1-2H3. The third kappa shape index (κ3) is 2.47. The first-order valence-electron chi connectivity index (χ1n) is 6.76. The van der Waals surface area contributed by atoms with Gasteiger partial charge in [0.05, 0.1) is 24.7 Å². The van der Waals surface area contributed by atoms with Crippen molar-refractivity contribution < 1.29 is 4.74 Å². The van der Waals surface area contributed by atoms with Crippen LogP contribution in [0, 0.1) is 0 Å². The fourth-order valence-electron chi connectivity index (χ4n) is 2.78. The molecule has 1 N–H and O–H groups in total. The normalized spacial score (nSPS) is 14.9. The van der Waals surface area contributed by atoms with Crippen molar-refractivity contribution in [1.82, 2.24) is 14.9 Å². The Bertz CT molecular complexity index is 624. The van der Waals surface area contributed by atoms with Gasteiger partial charge >= 0.3 is 0 Å². The Morgan fingerprint density at radius 1 is 1.50 bits per heavy atom. The van der Waals surface area contributed by atoms with Gasteiger partial charge in [-0.2, -0.15) is 0 Å². The number of hydrogen-bond donors (Lipinski definition) is 1. The molecule has 5 heteroatoms. The molecule has 4 nitrogen and oxygen atoms in total. The van der Waals surface area contributed by atoms with Crippen LogP contribution in [0.3, 0.4) is 0 Å². The number of likely N-dealkylation sites (N-methyl/N-ethyl adjacent to an activating group) is 1. The smallest absolute Gasteiger partial charge is 0.125 e. The predicted octanol–water partition coefficient (Wildman–Crippen LogP) is 2.62. The number of halogens is 1. The lowest BCUT2D eigenvalue weighted by molar-refractivity contribution is 0.351. The van der Waals surface area contributed by atoms with Crippen LogP contribution in [0.15, 0.2) is 29.1 Å². The molecule has 1 aliphatic heterocycles. The highest BCUT2D eigenvalue weighted by molar-refractivity contribution is 9.10. The van der Waals surface area contributed by atoms with Gasteiger partial charge in [-0.05, 0) is 36.7 Å². The molecule has 2 heterocycles. The number of aryl methyl sites for hydroxylation is 1. The molecular formula is C15H18BrN3O. The molecule has 0 fully saturated rings. The van der Waals surface area contributed by atoms with E-state index in [0.29, 0.717) is 0 Å². The fraction of sp³-hybridized carbons (Fsp3) is 0.400. The van der Waals surface area contributed by atoms with E-state index in [0.717, 1.165) is 29.7 Å². The van der Waals surface area contributed by atoms with Crippen LogP contribution >= 0.6 is 15.9 Å². The zero-order chi connectivity index (χ0) is 14.1. The van der Waals surface area contributed by atoms with E-state index in [1.54, 1.807) is 0 Å². The van der Waals surface area contributed by atoms with Crippen LogP contribution in [0.25, 0.3) is 0 Å². The zero-order valence-electron chi connectivity index (χ0n) is 11.7. The number of nitrogens with zero attached hydrogens (tertiary/aromatic N) is 2. The van der Waals surface area contributed by atoms with Crippen molar-refractivity contribution in [2.75, 3.05) is 13.7 Å². The Labute approximate surface area is 127 Å². The molecule has 1 aromatic carbocycles. The van der Waals surface area contributed by atoms with Crippen LogP contribution in [0.4, 0.5) is 0 Å². The van der Waals surface area contributed by atoms with E-state index in [-0.39, 0.29) is 6.04 Å². The summed E-state index contributed by atoms with van der Waals surface area (Å²) in [7, 11) is 4.01. The average Bonchev–Trinajstić information content (AvgIpc) is 3.04. The van der Waals surface area contributed by atoms with Gasteiger partial charge in [0.2, 0.25) is 0 Å². The van der Waals surface area contributed by atoms with E-state index in [4.69, 9.17) is 4.74 Å². The van der Waals surface area contributed by atoms with Crippen LogP contribution < -0.4 is 10.1 Å². The van der Waals surface area contributed by atoms with Gasteiger partial charge in [-0.3, -0.25) is 0 Å². The molecule has 20 heavy (non-hydrogen) atoms. The van der Waals surface area contributed by atoms with Gasteiger partial charge in [-0.25, -0.2) is 4.98 Å². The molecule has 1 unspecified atom stereocenters. The summed E-state index contributed by atoms with van der Waals surface area (Å²) < 4.78 is 8.98. The van der Waals surface area contributed by atoms with Crippen molar-refractivity contribution in [3.05, 3.63) is 46.0 Å². The molecule has 106 valence electrons. The summed E-state index contributed by atoms with van der Waals surface area (Å²) in [5.74, 6) is 1.07. The monoisotopic (exact) mass is 335 g/mol. The van der Waals surface area contributed by atoms with E-state index in [1.165, 1.54) is 16.8 Å². The van der Waals surface area contributed by atoms with Crippen LogP contribution in [0.1, 0.15) is 22.9 Å². The maximum Gasteiger partial charge on any atom is 0.125 e. The van der Waals surface area contributed by atoms with Gasteiger partial charge in [0.1, 0.15) is 5.75 Å². The van der Waals surface area contributed by atoms with E-state index in [1.807, 2.05) is 26.6 Å². The second-order valence-electron chi connectivity index (χ2n) is 5.13. The van der Waals surface area contributed by atoms with Crippen molar-refractivity contribution in [3.8, 4) is 5.75 Å². The first-order valence-corrected chi connectivity index (χ1v) is 7.56. The largest absolute Gasteiger partial charge is 0.493 e. The van der Waals surface area contributed by atoms with E-state index in [2.05, 4.69) is 42.9 Å². The molecule has 0 saturated heterocycles. The lowest BCUT2D eigenvalue weighted by Gasteiger charge is -2.18. The third-order valence-electron chi connectivity index (χ3n) is 3.81. The van der Waals surface area contributed by atoms with Crippen LogP contribution in [0.5, 0.6) is 5.75 Å². The number of hydrogen-bond acceptors (Lipinski definition) is 3. The molecule has 0 amide bonds. The minimum atomic E-state index is 0.227. The Morgan fingerprint density at radius 3 is 3.05 bits per heavy atom. The van der Waals surface area contributed by atoms with Gasteiger partial charge in [0.15, 0.2) is 0 Å². The molecule has 0 saturated carbocycles. The van der Waals surface area contributed by atoms with Gasteiger partial charge in [-0.1, -0.05) is 15.9 Å².